The molecule has 1 N–H and O–H groups in total. The van der Waals surface area contributed by atoms with Crippen molar-refractivity contribution in [3.8, 4) is 0 Å². The molecule has 0 radical (unpaired) electrons. The molecule has 0 aliphatic heterocycles. The number of aromatic carboxylic acids is 1. The Morgan fingerprint density at radius 2 is 2.24 bits per heavy atom. The Morgan fingerprint density at radius 3 is 2.82 bits per heavy atom. The summed E-state index contributed by atoms with van der Waals surface area (Å²) in [6.07, 6.45) is 8.05. The van der Waals surface area contributed by atoms with Crippen molar-refractivity contribution >= 4 is 22.4 Å². The van der Waals surface area contributed by atoms with Gasteiger partial charge in [-0.1, -0.05) is 30.6 Å². The minimum Gasteiger partial charge on any atom is -0.477 e. The van der Waals surface area contributed by atoms with E-state index < -0.39 is 5.97 Å². The highest BCUT2D eigenvalue weighted by Crippen LogP contribution is 2.27. The quantitative estimate of drug-likeness (QED) is 0.897. The minimum atomic E-state index is -0.889. The van der Waals surface area contributed by atoms with E-state index in [-0.39, 0.29) is 0 Å². The molecule has 0 bridgehead atoms. The molecule has 1 aromatic rings. The molecule has 0 unspecified atom stereocenters. The molecule has 0 saturated heterocycles. The van der Waals surface area contributed by atoms with Gasteiger partial charge in [0.15, 0.2) is 5.13 Å². The monoisotopic (exact) mass is 254 g/mol. The Kier molecular flexibility index (Phi) is 3.99. The smallest absolute Gasteiger partial charge is 0.347 e. The molecule has 17 heavy (non-hydrogen) atoms. The van der Waals surface area contributed by atoms with E-state index in [1.807, 2.05) is 7.05 Å². The second-order valence-corrected chi connectivity index (χ2v) is 5.71. The fourth-order valence-corrected chi connectivity index (χ4v) is 3.10. The molecule has 1 aliphatic rings. The third-order valence-electron chi connectivity index (χ3n) is 3.29. The van der Waals surface area contributed by atoms with Crippen LogP contribution in [0.3, 0.4) is 0 Å². The van der Waals surface area contributed by atoms with E-state index in [1.165, 1.54) is 49.6 Å². The van der Waals surface area contributed by atoms with Gasteiger partial charge in [0.25, 0.3) is 0 Å². The molecule has 4 nitrogen and oxygen atoms in total. The molecule has 1 aliphatic carbocycles. The summed E-state index contributed by atoms with van der Waals surface area (Å²) in [4.78, 5) is 17.4. The number of anilines is 1. The molecular weight excluding hydrogens is 236 g/mol. The molecule has 0 atom stereocenters. The molecule has 1 aromatic heterocycles. The maximum absolute atomic E-state index is 10.8. The zero-order chi connectivity index (χ0) is 12.3. The summed E-state index contributed by atoms with van der Waals surface area (Å²) >= 11 is 1.25. The van der Waals surface area contributed by atoms with Gasteiger partial charge in [-0.05, 0) is 18.8 Å². The van der Waals surface area contributed by atoms with Crippen LogP contribution >= 0.6 is 11.3 Å². The van der Waals surface area contributed by atoms with Gasteiger partial charge in [0.05, 0.1) is 6.20 Å². The largest absolute Gasteiger partial charge is 0.477 e. The lowest BCUT2D eigenvalue weighted by Crippen LogP contribution is -2.26. The van der Waals surface area contributed by atoms with E-state index in [2.05, 4.69) is 9.88 Å². The molecule has 0 amide bonds. The average Bonchev–Trinajstić information content (AvgIpc) is 2.79. The van der Waals surface area contributed by atoms with Crippen LogP contribution in [0.15, 0.2) is 6.20 Å². The molecule has 94 valence electrons. The number of carbonyl (C=O) groups is 1. The molecule has 1 heterocycles. The van der Waals surface area contributed by atoms with Crippen LogP contribution in [0.4, 0.5) is 5.13 Å². The number of hydrogen-bond acceptors (Lipinski definition) is 4. The van der Waals surface area contributed by atoms with Crippen molar-refractivity contribution in [2.24, 2.45) is 5.92 Å². The Bertz CT molecular complexity index is 386. The summed E-state index contributed by atoms with van der Waals surface area (Å²) in [5.41, 5.74) is 0. The lowest BCUT2D eigenvalue weighted by Gasteiger charge is -2.26. The van der Waals surface area contributed by atoms with Crippen LogP contribution in [0, 0.1) is 5.92 Å². The van der Waals surface area contributed by atoms with Crippen molar-refractivity contribution in [1.82, 2.24) is 4.98 Å². The molecule has 1 fully saturated rings. The van der Waals surface area contributed by atoms with Crippen LogP contribution in [-0.2, 0) is 0 Å². The first-order valence-corrected chi connectivity index (χ1v) is 6.88. The molecule has 2 rings (SSSR count). The minimum absolute atomic E-state index is 0.315. The summed E-state index contributed by atoms with van der Waals surface area (Å²) in [6.45, 7) is 0.993. The van der Waals surface area contributed by atoms with Crippen molar-refractivity contribution in [2.45, 2.75) is 32.1 Å². The number of carboxylic acids is 1. The van der Waals surface area contributed by atoms with Gasteiger partial charge in [-0.3, -0.25) is 0 Å². The molecule has 0 aromatic carbocycles. The van der Waals surface area contributed by atoms with Gasteiger partial charge >= 0.3 is 5.97 Å². The van der Waals surface area contributed by atoms with Gasteiger partial charge in [0.2, 0.25) is 0 Å². The van der Waals surface area contributed by atoms with Crippen LogP contribution in [0.5, 0.6) is 0 Å². The second-order valence-electron chi connectivity index (χ2n) is 4.70. The lowest BCUT2D eigenvalue weighted by atomic mass is 9.89. The van der Waals surface area contributed by atoms with Crippen molar-refractivity contribution in [1.29, 1.82) is 0 Å². The van der Waals surface area contributed by atoms with Gasteiger partial charge < -0.3 is 10.0 Å². The normalized spacial score (nSPS) is 17.0. The Balaban J connectivity index is 1.93. The van der Waals surface area contributed by atoms with Crippen molar-refractivity contribution in [3.05, 3.63) is 11.1 Å². The van der Waals surface area contributed by atoms with Gasteiger partial charge in [-0.2, -0.15) is 0 Å². The maximum Gasteiger partial charge on any atom is 0.347 e. The predicted molar refractivity (Wildman–Crippen MR) is 68.9 cm³/mol. The molecule has 5 heteroatoms. The van der Waals surface area contributed by atoms with E-state index in [0.29, 0.717) is 4.88 Å². The third-order valence-corrected chi connectivity index (χ3v) is 4.39. The van der Waals surface area contributed by atoms with Crippen molar-refractivity contribution < 1.29 is 9.90 Å². The van der Waals surface area contributed by atoms with Crippen LogP contribution in [0.2, 0.25) is 0 Å². The van der Waals surface area contributed by atoms with Crippen LogP contribution < -0.4 is 4.90 Å². The molecule has 1 saturated carbocycles. The SMILES string of the molecule is CN(CC1CCCCC1)c1ncc(C(=O)O)s1. The van der Waals surface area contributed by atoms with E-state index in [4.69, 9.17) is 5.11 Å². The van der Waals surface area contributed by atoms with Crippen molar-refractivity contribution in [2.75, 3.05) is 18.5 Å². The highest BCUT2D eigenvalue weighted by molar-refractivity contribution is 7.17. The van der Waals surface area contributed by atoms with Crippen LogP contribution in [0.25, 0.3) is 0 Å². The summed E-state index contributed by atoms with van der Waals surface area (Å²) in [6, 6.07) is 0. The van der Waals surface area contributed by atoms with Gasteiger partial charge in [-0.15, -0.1) is 0 Å². The van der Waals surface area contributed by atoms with Gasteiger partial charge in [-0.25, -0.2) is 9.78 Å². The summed E-state index contributed by atoms with van der Waals surface area (Å²) in [5.74, 6) is -0.147. The highest BCUT2D eigenvalue weighted by Gasteiger charge is 2.18. The van der Waals surface area contributed by atoms with E-state index in [1.54, 1.807) is 0 Å². The topological polar surface area (TPSA) is 53.4 Å². The fraction of sp³-hybridized carbons (Fsp3) is 0.667. The first-order chi connectivity index (χ1) is 8.16. The second kappa shape index (κ2) is 5.49. The zero-order valence-electron chi connectivity index (χ0n) is 10.1. The number of nitrogens with zero attached hydrogens (tertiary/aromatic N) is 2. The molecule has 0 spiro atoms. The predicted octanol–water partition coefficient (Wildman–Crippen LogP) is 2.86. The van der Waals surface area contributed by atoms with E-state index in [0.717, 1.165) is 17.6 Å². The number of thiazole rings is 1. The van der Waals surface area contributed by atoms with Crippen LogP contribution in [0.1, 0.15) is 41.8 Å². The number of hydrogen-bond donors (Lipinski definition) is 1. The molecular formula is C12H18N2O2S. The lowest BCUT2D eigenvalue weighted by molar-refractivity contribution is 0.0702. The van der Waals surface area contributed by atoms with E-state index in [9.17, 15) is 4.79 Å². The summed E-state index contributed by atoms with van der Waals surface area (Å²) in [5, 5.41) is 9.67. The number of rotatable bonds is 4. The fourth-order valence-electron chi connectivity index (χ4n) is 2.38. The van der Waals surface area contributed by atoms with E-state index >= 15 is 0 Å². The number of aromatic nitrogens is 1. The Labute approximate surface area is 105 Å². The van der Waals surface area contributed by atoms with Crippen LogP contribution in [-0.4, -0.2) is 29.7 Å². The summed E-state index contributed by atoms with van der Waals surface area (Å²) < 4.78 is 0. The zero-order valence-corrected chi connectivity index (χ0v) is 10.9. The Morgan fingerprint density at radius 1 is 1.53 bits per heavy atom. The van der Waals surface area contributed by atoms with Gasteiger partial charge in [0, 0.05) is 13.6 Å². The standard InChI is InChI=1S/C12H18N2O2S/c1-14(8-9-5-3-2-4-6-9)12-13-7-10(17-12)11(15)16/h7,9H,2-6,8H2,1H3,(H,15,16). The maximum atomic E-state index is 10.8. The average molecular weight is 254 g/mol. The third kappa shape index (κ3) is 3.19. The van der Waals surface area contributed by atoms with Gasteiger partial charge in [0.1, 0.15) is 4.88 Å². The first-order valence-electron chi connectivity index (χ1n) is 6.07. The van der Waals surface area contributed by atoms with Crippen molar-refractivity contribution in [3.63, 3.8) is 0 Å². The number of carboxylic acid groups (broad SMARTS) is 1. The first kappa shape index (κ1) is 12.4. The Hall–Kier alpha value is -1.10. The summed E-state index contributed by atoms with van der Waals surface area (Å²) in [7, 11) is 2.00. The highest BCUT2D eigenvalue weighted by atomic mass is 32.1.